The second-order valence-electron chi connectivity index (χ2n) is 6.33. The van der Waals surface area contributed by atoms with Crippen LogP contribution in [-0.2, 0) is 4.79 Å². The van der Waals surface area contributed by atoms with E-state index in [2.05, 4.69) is 5.32 Å². The number of nitrogens with one attached hydrogen (secondary N) is 1. The summed E-state index contributed by atoms with van der Waals surface area (Å²) in [6.07, 6.45) is 0.0679. The van der Waals surface area contributed by atoms with Crippen molar-refractivity contribution in [2.45, 2.75) is 40.2 Å². The first-order valence-electron chi connectivity index (χ1n) is 8.81. The van der Waals surface area contributed by atoms with E-state index in [1.807, 2.05) is 58.0 Å². The maximum Gasteiger partial charge on any atom is 0.261 e. The average Bonchev–Trinajstić information content (AvgIpc) is 2.61. The Bertz CT molecular complexity index is 761. The molecular formula is C21H26ClNO3. The highest BCUT2D eigenvalue weighted by Gasteiger charge is 2.18. The maximum atomic E-state index is 12.4. The molecule has 2 rings (SSSR count). The fraction of sp³-hybridized carbons (Fsp3) is 0.381. The summed E-state index contributed by atoms with van der Waals surface area (Å²) in [5.41, 5.74) is 3.19. The lowest BCUT2D eigenvalue weighted by molar-refractivity contribution is -0.128. The lowest BCUT2D eigenvalue weighted by Gasteiger charge is -2.19. The van der Waals surface area contributed by atoms with Crippen molar-refractivity contribution in [2.75, 3.05) is 13.2 Å². The standard InChI is InChI=1S/C21H26ClNO3/c1-5-19(26-20-9-6-14(2)12-16(20)4)21(24)23-10-11-25-17-8-7-15(3)18(22)13-17/h6-9,12-13,19H,5,10-11H2,1-4H3,(H,23,24)/t19-/m0/s1. The second kappa shape index (κ2) is 9.48. The summed E-state index contributed by atoms with van der Waals surface area (Å²) in [6.45, 7) is 8.64. The molecule has 0 radical (unpaired) electrons. The highest BCUT2D eigenvalue weighted by atomic mass is 35.5. The fourth-order valence-electron chi connectivity index (χ4n) is 2.53. The van der Waals surface area contributed by atoms with Gasteiger partial charge in [0.1, 0.15) is 18.1 Å². The minimum atomic E-state index is -0.523. The zero-order valence-corrected chi connectivity index (χ0v) is 16.5. The molecule has 1 atom stereocenters. The molecule has 1 N–H and O–H groups in total. The van der Waals surface area contributed by atoms with Gasteiger partial charge in [-0.2, -0.15) is 0 Å². The molecule has 1 amide bonds. The molecule has 0 aliphatic rings. The van der Waals surface area contributed by atoms with Crippen molar-refractivity contribution in [1.82, 2.24) is 5.32 Å². The SMILES string of the molecule is CC[C@H](Oc1ccc(C)cc1C)C(=O)NCCOc1ccc(C)c(Cl)c1. The van der Waals surface area contributed by atoms with E-state index in [4.69, 9.17) is 21.1 Å². The molecular weight excluding hydrogens is 350 g/mol. The maximum absolute atomic E-state index is 12.4. The van der Waals surface area contributed by atoms with Crippen molar-refractivity contribution in [2.24, 2.45) is 0 Å². The van der Waals surface area contributed by atoms with Gasteiger partial charge in [0.2, 0.25) is 0 Å². The molecule has 0 aliphatic heterocycles. The summed E-state index contributed by atoms with van der Waals surface area (Å²) in [5.74, 6) is 1.29. The molecule has 0 heterocycles. The third-order valence-corrected chi connectivity index (χ3v) is 4.48. The monoisotopic (exact) mass is 375 g/mol. The Morgan fingerprint density at radius 2 is 1.88 bits per heavy atom. The van der Waals surface area contributed by atoms with E-state index in [0.717, 1.165) is 16.9 Å². The Hall–Kier alpha value is -2.20. The Morgan fingerprint density at radius 1 is 1.12 bits per heavy atom. The Labute approximate surface area is 160 Å². The minimum absolute atomic E-state index is 0.141. The smallest absolute Gasteiger partial charge is 0.261 e. The first kappa shape index (κ1) is 20.1. The van der Waals surface area contributed by atoms with Crippen molar-refractivity contribution >= 4 is 17.5 Å². The van der Waals surface area contributed by atoms with Crippen LogP contribution in [0.2, 0.25) is 5.02 Å². The number of ether oxygens (including phenoxy) is 2. The molecule has 26 heavy (non-hydrogen) atoms. The third-order valence-electron chi connectivity index (χ3n) is 4.08. The lowest BCUT2D eigenvalue weighted by Crippen LogP contribution is -2.39. The predicted octanol–water partition coefficient (Wildman–Crippen LogP) is 4.62. The topological polar surface area (TPSA) is 47.6 Å². The number of rotatable bonds is 8. The van der Waals surface area contributed by atoms with E-state index in [1.165, 1.54) is 5.56 Å². The molecule has 0 unspecified atom stereocenters. The van der Waals surface area contributed by atoms with Crippen LogP contribution in [0.3, 0.4) is 0 Å². The molecule has 0 fully saturated rings. The number of aryl methyl sites for hydroxylation is 3. The number of hydrogen-bond acceptors (Lipinski definition) is 3. The van der Waals surface area contributed by atoms with Gasteiger partial charge in [-0.15, -0.1) is 0 Å². The van der Waals surface area contributed by atoms with Crippen LogP contribution in [0.4, 0.5) is 0 Å². The van der Waals surface area contributed by atoms with Gasteiger partial charge >= 0.3 is 0 Å². The zero-order chi connectivity index (χ0) is 19.1. The Kier molecular flexibility index (Phi) is 7.34. The molecule has 2 aromatic rings. The number of carbonyl (C=O) groups excluding carboxylic acids is 1. The number of amides is 1. The molecule has 0 saturated carbocycles. The van der Waals surface area contributed by atoms with Crippen LogP contribution < -0.4 is 14.8 Å². The quantitative estimate of drug-likeness (QED) is 0.685. The van der Waals surface area contributed by atoms with Crippen molar-refractivity contribution in [3.8, 4) is 11.5 Å². The van der Waals surface area contributed by atoms with Gasteiger partial charge < -0.3 is 14.8 Å². The zero-order valence-electron chi connectivity index (χ0n) is 15.8. The van der Waals surface area contributed by atoms with Crippen LogP contribution >= 0.6 is 11.6 Å². The first-order chi connectivity index (χ1) is 12.4. The minimum Gasteiger partial charge on any atom is -0.492 e. The van der Waals surface area contributed by atoms with E-state index >= 15 is 0 Å². The van der Waals surface area contributed by atoms with E-state index in [-0.39, 0.29) is 5.91 Å². The number of carbonyl (C=O) groups is 1. The molecule has 2 aromatic carbocycles. The summed E-state index contributed by atoms with van der Waals surface area (Å²) in [4.78, 5) is 12.4. The molecule has 4 nitrogen and oxygen atoms in total. The van der Waals surface area contributed by atoms with Crippen LogP contribution in [0, 0.1) is 20.8 Å². The molecule has 0 aromatic heterocycles. The van der Waals surface area contributed by atoms with E-state index in [0.29, 0.717) is 30.3 Å². The van der Waals surface area contributed by atoms with Crippen LogP contribution in [0.5, 0.6) is 11.5 Å². The van der Waals surface area contributed by atoms with Gasteiger partial charge in [0.05, 0.1) is 6.54 Å². The number of benzene rings is 2. The first-order valence-corrected chi connectivity index (χ1v) is 9.19. The van der Waals surface area contributed by atoms with Crippen molar-refractivity contribution < 1.29 is 14.3 Å². The summed E-state index contributed by atoms with van der Waals surface area (Å²) < 4.78 is 11.5. The summed E-state index contributed by atoms with van der Waals surface area (Å²) >= 11 is 6.07. The van der Waals surface area contributed by atoms with Crippen molar-refractivity contribution in [3.63, 3.8) is 0 Å². The van der Waals surface area contributed by atoms with Gasteiger partial charge in [-0.3, -0.25) is 4.79 Å². The fourth-order valence-corrected chi connectivity index (χ4v) is 2.70. The number of hydrogen-bond donors (Lipinski definition) is 1. The van der Waals surface area contributed by atoms with Gasteiger partial charge in [0, 0.05) is 5.02 Å². The largest absolute Gasteiger partial charge is 0.492 e. The predicted molar refractivity (Wildman–Crippen MR) is 105 cm³/mol. The summed E-state index contributed by atoms with van der Waals surface area (Å²) in [7, 11) is 0. The van der Waals surface area contributed by atoms with Gasteiger partial charge in [-0.05, 0) is 56.5 Å². The Balaban J connectivity index is 1.82. The molecule has 0 saturated heterocycles. The highest BCUT2D eigenvalue weighted by Crippen LogP contribution is 2.22. The summed E-state index contributed by atoms with van der Waals surface area (Å²) in [5, 5.41) is 3.53. The van der Waals surface area contributed by atoms with Gasteiger partial charge in [-0.25, -0.2) is 0 Å². The number of halogens is 1. The molecule has 0 bridgehead atoms. The third kappa shape index (κ3) is 5.67. The van der Waals surface area contributed by atoms with Crippen LogP contribution in [-0.4, -0.2) is 25.2 Å². The average molecular weight is 376 g/mol. The van der Waals surface area contributed by atoms with E-state index in [9.17, 15) is 4.79 Å². The molecule has 140 valence electrons. The second-order valence-corrected chi connectivity index (χ2v) is 6.74. The van der Waals surface area contributed by atoms with Crippen molar-refractivity contribution in [3.05, 3.63) is 58.1 Å². The van der Waals surface area contributed by atoms with Crippen LogP contribution in [0.1, 0.15) is 30.0 Å². The highest BCUT2D eigenvalue weighted by molar-refractivity contribution is 6.31. The lowest BCUT2D eigenvalue weighted by atomic mass is 10.1. The van der Waals surface area contributed by atoms with Gasteiger partial charge in [-0.1, -0.05) is 42.3 Å². The van der Waals surface area contributed by atoms with Crippen LogP contribution in [0.25, 0.3) is 0 Å². The summed E-state index contributed by atoms with van der Waals surface area (Å²) in [6, 6.07) is 11.5. The van der Waals surface area contributed by atoms with Gasteiger partial charge in [0.25, 0.3) is 5.91 Å². The van der Waals surface area contributed by atoms with E-state index < -0.39 is 6.10 Å². The molecule has 0 aliphatic carbocycles. The molecule has 5 heteroatoms. The van der Waals surface area contributed by atoms with Crippen LogP contribution in [0.15, 0.2) is 36.4 Å². The Morgan fingerprint density at radius 3 is 2.54 bits per heavy atom. The van der Waals surface area contributed by atoms with Gasteiger partial charge in [0.15, 0.2) is 6.10 Å². The molecule has 0 spiro atoms. The van der Waals surface area contributed by atoms with E-state index in [1.54, 1.807) is 6.07 Å². The van der Waals surface area contributed by atoms with Crippen molar-refractivity contribution in [1.29, 1.82) is 0 Å². The normalized spacial score (nSPS) is 11.7.